The summed E-state index contributed by atoms with van der Waals surface area (Å²) in [6, 6.07) is 8.23. The second-order valence-electron chi connectivity index (χ2n) is 6.53. The number of allylic oxidation sites excluding steroid dienone is 2. The molecule has 0 atom stereocenters. The van der Waals surface area contributed by atoms with Crippen LogP contribution in [-0.4, -0.2) is 35.5 Å². The summed E-state index contributed by atoms with van der Waals surface area (Å²) in [5.41, 5.74) is 0.365. The number of phenolic OH excluding ortho intramolecular Hbond substituents is 2. The van der Waals surface area contributed by atoms with Crippen molar-refractivity contribution in [2.45, 2.75) is 26.2 Å². The Kier molecular flexibility index (Phi) is 5.68. The van der Waals surface area contributed by atoms with Crippen molar-refractivity contribution in [2.24, 2.45) is 0 Å². The van der Waals surface area contributed by atoms with Crippen LogP contribution in [-0.2, 0) is 4.74 Å². The minimum absolute atomic E-state index is 0.176. The minimum atomic E-state index is -0.646. The van der Waals surface area contributed by atoms with Gasteiger partial charge in [-0.1, -0.05) is 31.9 Å². The first-order valence-corrected chi connectivity index (χ1v) is 9.14. The summed E-state index contributed by atoms with van der Waals surface area (Å²) in [6.07, 6.45) is 4.21. The number of aromatic hydroxyl groups is 2. The number of fused-ring (bicyclic) bond motifs is 1. The summed E-state index contributed by atoms with van der Waals surface area (Å²) in [7, 11) is 1.26. The Labute approximate surface area is 163 Å². The molecule has 6 heteroatoms. The van der Waals surface area contributed by atoms with E-state index in [1.54, 1.807) is 24.3 Å². The molecule has 0 amide bonds. The number of hydrogen-bond donors (Lipinski definition) is 2. The molecule has 0 unspecified atom stereocenters. The second kappa shape index (κ2) is 8.17. The SMILES string of the molecule is CCCCCOc1ccc(-c2cc(O)c3c(c2O)C(=O)C=C(OC)C3=O)cc1. The number of carbonyl (C=O) groups excluding carboxylic acids is 2. The first-order valence-electron chi connectivity index (χ1n) is 9.14. The summed E-state index contributed by atoms with van der Waals surface area (Å²) in [5, 5.41) is 21.0. The fraction of sp³-hybridized carbons (Fsp3) is 0.273. The van der Waals surface area contributed by atoms with E-state index in [9.17, 15) is 19.8 Å². The average molecular weight is 382 g/mol. The number of ether oxygens (including phenoxy) is 2. The zero-order valence-corrected chi connectivity index (χ0v) is 15.8. The van der Waals surface area contributed by atoms with Crippen LogP contribution < -0.4 is 4.74 Å². The molecule has 0 aromatic heterocycles. The van der Waals surface area contributed by atoms with E-state index < -0.39 is 11.6 Å². The third-order valence-corrected chi connectivity index (χ3v) is 4.64. The topological polar surface area (TPSA) is 93.1 Å². The van der Waals surface area contributed by atoms with Gasteiger partial charge in [-0.15, -0.1) is 0 Å². The van der Waals surface area contributed by atoms with Gasteiger partial charge in [-0.2, -0.15) is 0 Å². The summed E-state index contributed by atoms with van der Waals surface area (Å²) in [6.45, 7) is 2.75. The molecule has 0 heterocycles. The van der Waals surface area contributed by atoms with Gasteiger partial charge in [0.05, 0.1) is 24.8 Å². The maximum Gasteiger partial charge on any atom is 0.232 e. The highest BCUT2D eigenvalue weighted by atomic mass is 16.5. The lowest BCUT2D eigenvalue weighted by atomic mass is 9.88. The molecule has 28 heavy (non-hydrogen) atoms. The number of methoxy groups -OCH3 is 1. The number of Topliss-reactive ketones (excluding diaryl/α,β-unsaturated/α-hetero) is 1. The Morgan fingerprint density at radius 2 is 1.71 bits per heavy atom. The van der Waals surface area contributed by atoms with Crippen LogP contribution in [0.2, 0.25) is 0 Å². The van der Waals surface area contributed by atoms with E-state index in [-0.39, 0.29) is 33.9 Å². The molecule has 3 rings (SSSR count). The Bertz CT molecular complexity index is 940. The highest BCUT2D eigenvalue weighted by Crippen LogP contribution is 2.42. The summed E-state index contributed by atoms with van der Waals surface area (Å²) in [5.74, 6) is -1.47. The van der Waals surface area contributed by atoms with Gasteiger partial charge in [-0.25, -0.2) is 0 Å². The maximum atomic E-state index is 12.4. The van der Waals surface area contributed by atoms with Crippen molar-refractivity contribution >= 4 is 11.6 Å². The predicted molar refractivity (Wildman–Crippen MR) is 104 cm³/mol. The van der Waals surface area contributed by atoms with Crippen LogP contribution in [0.1, 0.15) is 46.9 Å². The van der Waals surface area contributed by atoms with E-state index in [0.29, 0.717) is 17.9 Å². The Balaban J connectivity index is 1.93. The number of ketones is 2. The van der Waals surface area contributed by atoms with Gasteiger partial charge in [0.2, 0.25) is 5.78 Å². The van der Waals surface area contributed by atoms with E-state index in [2.05, 4.69) is 6.92 Å². The third kappa shape index (κ3) is 3.58. The molecule has 146 valence electrons. The Morgan fingerprint density at radius 1 is 1.00 bits per heavy atom. The highest BCUT2D eigenvalue weighted by molar-refractivity contribution is 6.26. The van der Waals surface area contributed by atoms with E-state index in [1.807, 2.05) is 0 Å². The number of carbonyl (C=O) groups is 2. The highest BCUT2D eigenvalue weighted by Gasteiger charge is 2.33. The monoisotopic (exact) mass is 382 g/mol. The van der Waals surface area contributed by atoms with Gasteiger partial charge < -0.3 is 19.7 Å². The van der Waals surface area contributed by atoms with Crippen molar-refractivity contribution in [3.05, 3.63) is 53.3 Å². The normalized spacial score (nSPS) is 13.1. The zero-order valence-electron chi connectivity index (χ0n) is 15.8. The van der Waals surface area contributed by atoms with Crippen molar-refractivity contribution in [3.8, 4) is 28.4 Å². The predicted octanol–water partition coefficient (Wildman–Crippen LogP) is 4.24. The van der Waals surface area contributed by atoms with Crippen molar-refractivity contribution in [1.29, 1.82) is 0 Å². The van der Waals surface area contributed by atoms with Gasteiger partial charge >= 0.3 is 0 Å². The first kappa shape index (κ1) is 19.5. The standard InChI is InChI=1S/C22H22O6/c1-3-4-5-10-28-14-8-6-13(7-9-14)15-11-16(23)20-19(21(15)25)17(24)12-18(27-2)22(20)26/h6-9,11-12,23,25H,3-5,10H2,1-2H3. The van der Waals surface area contributed by atoms with Gasteiger partial charge in [-0.05, 0) is 30.2 Å². The van der Waals surface area contributed by atoms with Crippen LogP contribution in [0, 0.1) is 0 Å². The molecule has 0 spiro atoms. The van der Waals surface area contributed by atoms with Crippen LogP contribution in [0.15, 0.2) is 42.2 Å². The number of phenols is 2. The number of hydrogen-bond acceptors (Lipinski definition) is 6. The number of benzene rings is 2. The summed E-state index contributed by atoms with van der Waals surface area (Å²) < 4.78 is 10.6. The molecule has 0 bridgehead atoms. The molecule has 2 aromatic carbocycles. The molecular formula is C22H22O6. The lowest BCUT2D eigenvalue weighted by Crippen LogP contribution is -2.18. The lowest BCUT2D eigenvalue weighted by Gasteiger charge is -2.19. The largest absolute Gasteiger partial charge is 0.507 e. The van der Waals surface area contributed by atoms with Gasteiger partial charge in [0.25, 0.3) is 0 Å². The number of unbranched alkanes of at least 4 members (excludes halogenated alkanes) is 2. The van der Waals surface area contributed by atoms with Crippen molar-refractivity contribution in [2.75, 3.05) is 13.7 Å². The number of rotatable bonds is 7. The molecule has 0 fully saturated rings. The molecule has 0 aliphatic heterocycles. The lowest BCUT2D eigenvalue weighted by molar-refractivity contribution is 0.0912. The van der Waals surface area contributed by atoms with E-state index in [0.717, 1.165) is 25.3 Å². The van der Waals surface area contributed by atoms with Crippen LogP contribution >= 0.6 is 0 Å². The fourth-order valence-electron chi connectivity index (χ4n) is 3.15. The Hall–Kier alpha value is -3.28. The summed E-state index contributed by atoms with van der Waals surface area (Å²) >= 11 is 0. The Morgan fingerprint density at radius 3 is 2.36 bits per heavy atom. The summed E-state index contributed by atoms with van der Waals surface area (Å²) in [4.78, 5) is 24.8. The molecule has 2 N–H and O–H groups in total. The molecule has 2 aromatic rings. The van der Waals surface area contributed by atoms with Gasteiger partial charge in [0.15, 0.2) is 11.5 Å². The van der Waals surface area contributed by atoms with Crippen molar-refractivity contribution < 1.29 is 29.3 Å². The van der Waals surface area contributed by atoms with Crippen LogP contribution in [0.25, 0.3) is 11.1 Å². The smallest absolute Gasteiger partial charge is 0.232 e. The van der Waals surface area contributed by atoms with Gasteiger partial charge in [0, 0.05) is 11.6 Å². The van der Waals surface area contributed by atoms with E-state index in [4.69, 9.17) is 9.47 Å². The minimum Gasteiger partial charge on any atom is -0.507 e. The van der Waals surface area contributed by atoms with Crippen molar-refractivity contribution in [1.82, 2.24) is 0 Å². The van der Waals surface area contributed by atoms with Gasteiger partial charge in [-0.3, -0.25) is 9.59 Å². The first-order chi connectivity index (χ1) is 13.5. The quantitative estimate of drug-likeness (QED) is 0.549. The van der Waals surface area contributed by atoms with Crippen LogP contribution in [0.3, 0.4) is 0 Å². The van der Waals surface area contributed by atoms with E-state index >= 15 is 0 Å². The fourth-order valence-corrected chi connectivity index (χ4v) is 3.15. The third-order valence-electron chi connectivity index (χ3n) is 4.64. The maximum absolute atomic E-state index is 12.4. The van der Waals surface area contributed by atoms with Crippen LogP contribution in [0.4, 0.5) is 0 Å². The molecule has 1 aliphatic carbocycles. The van der Waals surface area contributed by atoms with E-state index in [1.165, 1.54) is 13.2 Å². The molecule has 6 nitrogen and oxygen atoms in total. The zero-order chi connectivity index (χ0) is 20.3. The molecule has 0 saturated carbocycles. The second-order valence-corrected chi connectivity index (χ2v) is 6.53. The van der Waals surface area contributed by atoms with Gasteiger partial charge in [0.1, 0.15) is 17.2 Å². The van der Waals surface area contributed by atoms with Crippen LogP contribution in [0.5, 0.6) is 17.2 Å². The molecule has 1 aliphatic rings. The average Bonchev–Trinajstić information content (AvgIpc) is 2.70. The molecule has 0 radical (unpaired) electrons. The molecular weight excluding hydrogens is 360 g/mol. The molecule has 0 saturated heterocycles. The van der Waals surface area contributed by atoms with Crippen molar-refractivity contribution in [3.63, 3.8) is 0 Å².